The molecule has 0 aliphatic carbocycles. The van der Waals surface area contributed by atoms with Crippen LogP contribution in [0.25, 0.3) is 21.5 Å². The zero-order valence-corrected chi connectivity index (χ0v) is 13.1. The maximum Gasteiger partial charge on any atom is 0.270 e. The molecule has 3 rings (SSSR count). The second-order valence-electron chi connectivity index (χ2n) is 4.67. The number of aromatic nitrogens is 2. The molecule has 8 heteroatoms. The molecule has 118 valence electrons. The van der Waals surface area contributed by atoms with Crippen LogP contribution in [0.4, 0.5) is 5.69 Å². The Balaban J connectivity index is 2.11. The molecule has 0 aliphatic heterocycles. The van der Waals surface area contributed by atoms with Gasteiger partial charge >= 0.3 is 0 Å². The lowest BCUT2D eigenvalue weighted by molar-refractivity contribution is -0.384. The van der Waals surface area contributed by atoms with Gasteiger partial charge in [-0.25, -0.2) is 4.98 Å². The van der Waals surface area contributed by atoms with Crippen molar-refractivity contribution in [1.82, 2.24) is 9.97 Å². The minimum Gasteiger partial charge on any atom is -0.490 e. The van der Waals surface area contributed by atoms with Gasteiger partial charge in [-0.1, -0.05) is 0 Å². The highest BCUT2D eigenvalue weighted by Crippen LogP contribution is 2.33. The third-order valence-corrected chi connectivity index (χ3v) is 3.99. The number of thiazole rings is 1. The lowest BCUT2D eigenvalue weighted by atomic mass is 10.1. The van der Waals surface area contributed by atoms with Crippen molar-refractivity contribution in [2.45, 2.75) is 0 Å². The SMILES string of the molecule is COCCOc1cc(-c2cncs2)nc2ccc([N+](=O)[O-])cc12. The van der Waals surface area contributed by atoms with E-state index in [1.807, 2.05) is 0 Å². The van der Waals surface area contributed by atoms with Crippen LogP contribution in [0.5, 0.6) is 5.75 Å². The smallest absolute Gasteiger partial charge is 0.270 e. The first kappa shape index (κ1) is 15.3. The summed E-state index contributed by atoms with van der Waals surface area (Å²) < 4.78 is 10.7. The molecule has 0 saturated carbocycles. The van der Waals surface area contributed by atoms with E-state index in [0.717, 1.165) is 10.6 Å². The van der Waals surface area contributed by atoms with Gasteiger partial charge in [-0.2, -0.15) is 0 Å². The predicted molar refractivity (Wildman–Crippen MR) is 86.9 cm³/mol. The van der Waals surface area contributed by atoms with Gasteiger partial charge < -0.3 is 9.47 Å². The zero-order valence-electron chi connectivity index (χ0n) is 12.3. The van der Waals surface area contributed by atoms with Crippen molar-refractivity contribution in [3.63, 3.8) is 0 Å². The average Bonchev–Trinajstić information content (AvgIpc) is 3.08. The molecular formula is C15H13N3O4S. The minimum atomic E-state index is -0.435. The van der Waals surface area contributed by atoms with Crippen LogP contribution in [0.2, 0.25) is 0 Å². The van der Waals surface area contributed by atoms with Crippen LogP contribution >= 0.6 is 11.3 Å². The number of hydrogen-bond donors (Lipinski definition) is 0. The lowest BCUT2D eigenvalue weighted by Gasteiger charge is -2.10. The lowest BCUT2D eigenvalue weighted by Crippen LogP contribution is -2.05. The Labute approximate surface area is 135 Å². The zero-order chi connectivity index (χ0) is 16.2. The first-order chi connectivity index (χ1) is 11.2. The molecule has 3 aromatic rings. The number of ether oxygens (including phenoxy) is 2. The van der Waals surface area contributed by atoms with E-state index in [4.69, 9.17) is 9.47 Å². The predicted octanol–water partition coefficient (Wildman–Crippen LogP) is 3.29. The standard InChI is InChI=1S/C15H13N3O4S/c1-21-4-5-22-14-7-13(15-8-16-9-23-15)17-12-3-2-10(18(19)20)6-11(12)14/h2-3,6-9H,4-5H2,1H3. The fraction of sp³-hybridized carbons (Fsp3) is 0.200. The summed E-state index contributed by atoms with van der Waals surface area (Å²) in [6, 6.07) is 6.31. The van der Waals surface area contributed by atoms with Crippen LogP contribution in [0.15, 0.2) is 36.0 Å². The van der Waals surface area contributed by atoms with Crippen molar-refractivity contribution in [1.29, 1.82) is 0 Å². The molecule has 0 bridgehead atoms. The van der Waals surface area contributed by atoms with Gasteiger partial charge in [0.25, 0.3) is 5.69 Å². The summed E-state index contributed by atoms with van der Waals surface area (Å²) >= 11 is 1.47. The summed E-state index contributed by atoms with van der Waals surface area (Å²) in [7, 11) is 1.58. The molecule has 0 saturated heterocycles. The van der Waals surface area contributed by atoms with E-state index < -0.39 is 4.92 Å². The van der Waals surface area contributed by atoms with E-state index in [0.29, 0.717) is 29.9 Å². The van der Waals surface area contributed by atoms with Crippen molar-refractivity contribution in [2.24, 2.45) is 0 Å². The van der Waals surface area contributed by atoms with Gasteiger partial charge in [-0.05, 0) is 6.07 Å². The second kappa shape index (κ2) is 6.67. The van der Waals surface area contributed by atoms with Gasteiger partial charge in [0.15, 0.2) is 0 Å². The van der Waals surface area contributed by atoms with Crippen molar-refractivity contribution in [2.75, 3.05) is 20.3 Å². The number of nitro benzene ring substituents is 1. The number of benzene rings is 1. The quantitative estimate of drug-likeness (QED) is 0.391. The second-order valence-corrected chi connectivity index (χ2v) is 5.56. The monoisotopic (exact) mass is 331 g/mol. The number of nitro groups is 1. The molecule has 0 spiro atoms. The maximum absolute atomic E-state index is 11.0. The third kappa shape index (κ3) is 3.27. The Morgan fingerprint density at radius 3 is 2.87 bits per heavy atom. The van der Waals surface area contributed by atoms with Crippen LogP contribution in [0.1, 0.15) is 0 Å². The molecule has 7 nitrogen and oxygen atoms in total. The number of methoxy groups -OCH3 is 1. The van der Waals surface area contributed by atoms with Crippen LogP contribution in [-0.2, 0) is 4.74 Å². The number of pyridine rings is 1. The van der Waals surface area contributed by atoms with Gasteiger partial charge in [0.05, 0.1) is 33.1 Å². The summed E-state index contributed by atoms with van der Waals surface area (Å²) in [4.78, 5) is 20.1. The van der Waals surface area contributed by atoms with Crippen molar-refractivity contribution in [3.8, 4) is 16.3 Å². The number of rotatable bonds is 6. The molecular weight excluding hydrogens is 318 g/mol. The topological polar surface area (TPSA) is 87.4 Å². The highest BCUT2D eigenvalue weighted by Gasteiger charge is 2.14. The van der Waals surface area contributed by atoms with E-state index >= 15 is 0 Å². The van der Waals surface area contributed by atoms with E-state index in [9.17, 15) is 10.1 Å². The van der Waals surface area contributed by atoms with Crippen molar-refractivity contribution < 1.29 is 14.4 Å². The Hall–Kier alpha value is -2.58. The summed E-state index contributed by atoms with van der Waals surface area (Å²) in [5.41, 5.74) is 3.08. The Bertz CT molecular complexity index is 836. The molecule has 0 fully saturated rings. The Morgan fingerprint density at radius 1 is 1.30 bits per heavy atom. The summed E-state index contributed by atoms with van der Waals surface area (Å²) in [6.07, 6.45) is 1.73. The highest BCUT2D eigenvalue weighted by atomic mass is 32.1. The average molecular weight is 331 g/mol. The normalized spacial score (nSPS) is 10.8. The Kier molecular flexibility index (Phi) is 4.45. The van der Waals surface area contributed by atoms with E-state index in [1.54, 1.807) is 30.9 Å². The molecule has 1 aromatic carbocycles. The molecule has 0 aliphatic rings. The number of hydrogen-bond acceptors (Lipinski definition) is 7. The molecule has 0 amide bonds. The van der Waals surface area contributed by atoms with Gasteiger partial charge in [0.2, 0.25) is 0 Å². The molecule has 23 heavy (non-hydrogen) atoms. The largest absolute Gasteiger partial charge is 0.490 e. The molecule has 0 unspecified atom stereocenters. The van der Waals surface area contributed by atoms with E-state index in [1.165, 1.54) is 23.5 Å². The molecule has 2 heterocycles. The fourth-order valence-corrected chi connectivity index (χ4v) is 2.70. The van der Waals surface area contributed by atoms with Gasteiger partial charge in [-0.3, -0.25) is 15.1 Å². The first-order valence-corrected chi connectivity index (χ1v) is 7.67. The van der Waals surface area contributed by atoms with E-state index in [2.05, 4.69) is 9.97 Å². The summed E-state index contributed by atoms with van der Waals surface area (Å²) in [6.45, 7) is 0.773. The van der Waals surface area contributed by atoms with Gasteiger partial charge in [0.1, 0.15) is 12.4 Å². The third-order valence-electron chi connectivity index (χ3n) is 3.19. The van der Waals surface area contributed by atoms with Crippen LogP contribution in [0.3, 0.4) is 0 Å². The first-order valence-electron chi connectivity index (χ1n) is 6.79. The number of fused-ring (bicyclic) bond motifs is 1. The molecule has 2 aromatic heterocycles. The van der Waals surface area contributed by atoms with Crippen LogP contribution in [-0.4, -0.2) is 35.2 Å². The highest BCUT2D eigenvalue weighted by molar-refractivity contribution is 7.13. The number of nitrogens with zero attached hydrogens (tertiary/aromatic N) is 3. The number of non-ortho nitro benzene ring substituents is 1. The van der Waals surface area contributed by atoms with Gasteiger partial charge in [0, 0.05) is 36.9 Å². The van der Waals surface area contributed by atoms with E-state index in [-0.39, 0.29) is 5.69 Å². The fourth-order valence-electron chi connectivity index (χ4n) is 2.12. The summed E-state index contributed by atoms with van der Waals surface area (Å²) in [5.74, 6) is 0.541. The Morgan fingerprint density at radius 2 is 2.17 bits per heavy atom. The van der Waals surface area contributed by atoms with Crippen molar-refractivity contribution >= 4 is 27.9 Å². The molecule has 0 atom stereocenters. The minimum absolute atomic E-state index is 0.00133. The molecule has 0 radical (unpaired) electrons. The molecule has 0 N–H and O–H groups in total. The summed E-state index contributed by atoms with van der Waals surface area (Å²) in [5, 5.41) is 11.6. The van der Waals surface area contributed by atoms with Crippen LogP contribution in [0, 0.1) is 10.1 Å². The van der Waals surface area contributed by atoms with Gasteiger partial charge in [-0.15, -0.1) is 11.3 Å². The van der Waals surface area contributed by atoms with Crippen LogP contribution < -0.4 is 4.74 Å². The van der Waals surface area contributed by atoms with Crippen molar-refractivity contribution in [3.05, 3.63) is 46.1 Å². The maximum atomic E-state index is 11.0.